The fraction of sp³-hybridized carbons (Fsp3) is 0.208. The number of halogens is 1. The molecule has 1 fully saturated rings. The first-order chi connectivity index (χ1) is 15.8. The maximum atomic E-state index is 13.4. The summed E-state index contributed by atoms with van der Waals surface area (Å²) in [5.74, 6) is -1.70. The lowest BCUT2D eigenvalue weighted by Gasteiger charge is -2.23. The minimum atomic E-state index is -0.972. The molecule has 2 heterocycles. The monoisotopic (exact) mass is 468 g/mol. The number of ketones is 1. The summed E-state index contributed by atoms with van der Waals surface area (Å²) in [5.41, 5.74) is 1.35. The number of Topliss-reactive ketones (excluding diaryl/α,β-unsaturated/α-hetero) is 1. The molecule has 9 heteroatoms. The largest absolute Gasteiger partial charge is 0.507 e. The summed E-state index contributed by atoms with van der Waals surface area (Å²) in [6.07, 6.45) is 0. The molecule has 1 N–H and O–H groups in total. The third-order valence-electron chi connectivity index (χ3n) is 5.51. The first kappa shape index (κ1) is 22.5. The highest BCUT2D eigenvalue weighted by Crippen LogP contribution is 2.45. The number of aliphatic hydroxyl groups excluding tert-OH is 1. The van der Waals surface area contributed by atoms with Gasteiger partial charge in [-0.3, -0.25) is 14.5 Å². The van der Waals surface area contributed by atoms with Crippen LogP contribution in [0.25, 0.3) is 5.76 Å². The van der Waals surface area contributed by atoms with Gasteiger partial charge in [-0.1, -0.05) is 6.07 Å². The zero-order valence-electron chi connectivity index (χ0n) is 18.4. The Kier molecular flexibility index (Phi) is 5.90. The van der Waals surface area contributed by atoms with Crippen LogP contribution in [0.15, 0.2) is 48.0 Å². The summed E-state index contributed by atoms with van der Waals surface area (Å²) in [6, 6.07) is 9.06. The Balaban J connectivity index is 1.97. The van der Waals surface area contributed by atoms with Crippen LogP contribution in [-0.4, -0.2) is 36.0 Å². The zero-order valence-corrected chi connectivity index (χ0v) is 19.2. The molecule has 1 atom stereocenters. The van der Waals surface area contributed by atoms with E-state index in [1.165, 1.54) is 54.7 Å². The van der Waals surface area contributed by atoms with Gasteiger partial charge in [0, 0.05) is 10.4 Å². The van der Waals surface area contributed by atoms with Gasteiger partial charge < -0.3 is 14.6 Å². The number of nitrogens with zero attached hydrogens (tertiary/aromatic N) is 2. The maximum Gasteiger partial charge on any atom is 0.301 e. The van der Waals surface area contributed by atoms with Crippen molar-refractivity contribution in [2.45, 2.75) is 19.9 Å². The van der Waals surface area contributed by atoms with Gasteiger partial charge in [-0.2, -0.15) is 0 Å². The lowest BCUT2D eigenvalue weighted by molar-refractivity contribution is -0.132. The minimum Gasteiger partial charge on any atom is -0.507 e. The van der Waals surface area contributed by atoms with E-state index in [-0.39, 0.29) is 11.1 Å². The second-order valence-electron chi connectivity index (χ2n) is 7.43. The van der Waals surface area contributed by atoms with Crippen LogP contribution in [0.5, 0.6) is 11.5 Å². The molecule has 1 amide bonds. The van der Waals surface area contributed by atoms with E-state index in [0.717, 1.165) is 10.6 Å². The number of aliphatic hydroxyl groups is 1. The molecule has 2 aromatic carbocycles. The summed E-state index contributed by atoms with van der Waals surface area (Å²) < 4.78 is 24.1. The molecule has 1 unspecified atom stereocenters. The Morgan fingerprint density at radius 2 is 1.73 bits per heavy atom. The third kappa shape index (κ3) is 3.84. The molecule has 1 saturated heterocycles. The van der Waals surface area contributed by atoms with E-state index in [4.69, 9.17) is 9.47 Å². The highest BCUT2D eigenvalue weighted by molar-refractivity contribution is 7.16. The van der Waals surface area contributed by atoms with Crippen LogP contribution in [-0.2, 0) is 9.59 Å². The fourth-order valence-electron chi connectivity index (χ4n) is 3.69. The minimum absolute atomic E-state index is 0.121. The molecule has 1 aromatic heterocycles. The standard InChI is InChI=1S/C24H21FN2O5S/c1-12-13(2)33-24(26-12)27-20(15-7-10-17(31-3)18(11-15)32-4)19(22(29)23(27)30)21(28)14-5-8-16(25)9-6-14/h5-11,20,28H,1-4H3/b21-19+. The summed E-state index contributed by atoms with van der Waals surface area (Å²) in [5, 5.41) is 11.4. The predicted octanol–water partition coefficient (Wildman–Crippen LogP) is 4.54. The van der Waals surface area contributed by atoms with Crippen molar-refractivity contribution in [3.05, 3.63) is 75.6 Å². The summed E-state index contributed by atoms with van der Waals surface area (Å²) in [6.45, 7) is 3.69. The lowest BCUT2D eigenvalue weighted by atomic mass is 9.95. The number of rotatable bonds is 5. The van der Waals surface area contributed by atoms with Crippen LogP contribution in [0.3, 0.4) is 0 Å². The molecule has 33 heavy (non-hydrogen) atoms. The van der Waals surface area contributed by atoms with E-state index in [2.05, 4.69) is 4.98 Å². The molecule has 0 spiro atoms. The van der Waals surface area contributed by atoms with Crippen LogP contribution < -0.4 is 14.4 Å². The Morgan fingerprint density at radius 1 is 1.06 bits per heavy atom. The molecule has 4 rings (SSSR count). The number of anilines is 1. The molecule has 0 aliphatic carbocycles. The van der Waals surface area contributed by atoms with Crippen LogP contribution in [0.1, 0.15) is 27.7 Å². The highest BCUT2D eigenvalue weighted by atomic mass is 32.1. The second kappa shape index (κ2) is 8.67. The SMILES string of the molecule is COc1ccc(C2/C(=C(\O)c3ccc(F)cc3)C(=O)C(=O)N2c2nc(C)c(C)s2)cc1OC. The second-order valence-corrected chi connectivity index (χ2v) is 8.61. The number of carbonyl (C=O) groups is 2. The number of thiazole rings is 1. The van der Waals surface area contributed by atoms with Crippen molar-refractivity contribution in [2.75, 3.05) is 19.1 Å². The van der Waals surface area contributed by atoms with Gasteiger partial charge in [0.1, 0.15) is 11.6 Å². The number of aromatic nitrogens is 1. The van der Waals surface area contributed by atoms with E-state index >= 15 is 0 Å². The smallest absolute Gasteiger partial charge is 0.301 e. The quantitative estimate of drug-likeness (QED) is 0.336. The number of ether oxygens (including phenoxy) is 2. The van der Waals surface area contributed by atoms with E-state index in [1.807, 2.05) is 13.8 Å². The fourth-order valence-corrected chi connectivity index (χ4v) is 4.63. The normalized spacial score (nSPS) is 17.5. The number of methoxy groups -OCH3 is 2. The molecule has 0 saturated carbocycles. The third-order valence-corrected chi connectivity index (χ3v) is 6.58. The first-order valence-corrected chi connectivity index (χ1v) is 10.8. The predicted molar refractivity (Wildman–Crippen MR) is 122 cm³/mol. The molecule has 7 nitrogen and oxygen atoms in total. The summed E-state index contributed by atoms with van der Waals surface area (Å²) in [4.78, 5) is 33.0. The average Bonchev–Trinajstić information content (AvgIpc) is 3.28. The van der Waals surface area contributed by atoms with Gasteiger partial charge in [-0.15, -0.1) is 11.3 Å². The van der Waals surface area contributed by atoms with Gasteiger partial charge >= 0.3 is 5.91 Å². The molecule has 0 bridgehead atoms. The Labute approximate surface area is 193 Å². The molecular formula is C24H21FN2O5S. The van der Waals surface area contributed by atoms with Crippen molar-refractivity contribution in [2.24, 2.45) is 0 Å². The van der Waals surface area contributed by atoms with Crippen LogP contribution in [0.2, 0.25) is 0 Å². The number of carbonyl (C=O) groups excluding carboxylic acids is 2. The van der Waals surface area contributed by atoms with Crippen molar-refractivity contribution in [3.63, 3.8) is 0 Å². The van der Waals surface area contributed by atoms with Crippen LogP contribution in [0.4, 0.5) is 9.52 Å². The van der Waals surface area contributed by atoms with Crippen molar-refractivity contribution >= 4 is 33.9 Å². The number of benzene rings is 2. The van der Waals surface area contributed by atoms with Gasteiger partial charge in [0.05, 0.1) is 31.5 Å². The highest BCUT2D eigenvalue weighted by Gasteiger charge is 2.48. The first-order valence-electron chi connectivity index (χ1n) is 9.99. The van der Waals surface area contributed by atoms with E-state index in [1.54, 1.807) is 18.2 Å². The van der Waals surface area contributed by atoms with Crippen LogP contribution >= 0.6 is 11.3 Å². The lowest BCUT2D eigenvalue weighted by Crippen LogP contribution is -2.29. The molecule has 0 radical (unpaired) electrons. The Morgan fingerprint density at radius 3 is 2.30 bits per heavy atom. The zero-order chi connectivity index (χ0) is 23.9. The summed E-state index contributed by atoms with van der Waals surface area (Å²) in [7, 11) is 2.98. The Bertz CT molecular complexity index is 1260. The van der Waals surface area contributed by atoms with Gasteiger partial charge in [0.15, 0.2) is 16.6 Å². The van der Waals surface area contributed by atoms with Gasteiger partial charge in [-0.05, 0) is 55.8 Å². The molecule has 1 aliphatic heterocycles. The molecule has 1 aliphatic rings. The van der Waals surface area contributed by atoms with Crippen molar-refractivity contribution in [1.82, 2.24) is 4.98 Å². The van der Waals surface area contributed by atoms with E-state index in [0.29, 0.717) is 22.2 Å². The van der Waals surface area contributed by atoms with Gasteiger partial charge in [-0.25, -0.2) is 9.37 Å². The van der Waals surface area contributed by atoms with Gasteiger partial charge in [0.2, 0.25) is 0 Å². The average molecular weight is 469 g/mol. The Hall–Kier alpha value is -3.72. The van der Waals surface area contributed by atoms with E-state index in [9.17, 15) is 19.1 Å². The van der Waals surface area contributed by atoms with Crippen LogP contribution in [0, 0.1) is 19.7 Å². The topological polar surface area (TPSA) is 89.0 Å². The van der Waals surface area contributed by atoms with E-state index < -0.39 is 29.3 Å². The van der Waals surface area contributed by atoms with Crippen molar-refractivity contribution < 1.29 is 28.6 Å². The molecule has 170 valence electrons. The molecular weight excluding hydrogens is 447 g/mol. The van der Waals surface area contributed by atoms with Crippen molar-refractivity contribution in [3.8, 4) is 11.5 Å². The summed E-state index contributed by atoms with van der Waals surface area (Å²) >= 11 is 1.28. The van der Waals surface area contributed by atoms with Gasteiger partial charge in [0.25, 0.3) is 5.78 Å². The number of hydrogen-bond donors (Lipinski definition) is 1. The number of hydrogen-bond acceptors (Lipinski definition) is 7. The number of aryl methyl sites for hydroxylation is 2. The van der Waals surface area contributed by atoms with Crippen molar-refractivity contribution in [1.29, 1.82) is 0 Å². The maximum absolute atomic E-state index is 13.4. The number of amides is 1. The molecule has 3 aromatic rings.